The molecule has 0 saturated carbocycles. The third-order valence-electron chi connectivity index (χ3n) is 6.44. The van der Waals surface area contributed by atoms with Gasteiger partial charge >= 0.3 is 5.63 Å². The predicted octanol–water partition coefficient (Wildman–Crippen LogP) is 5.07. The highest BCUT2D eigenvalue weighted by molar-refractivity contribution is 6.14. The molecule has 37 heavy (non-hydrogen) atoms. The van der Waals surface area contributed by atoms with Crippen LogP contribution in [0, 0.1) is 6.92 Å². The number of Topliss-reactive ketones (excluding diaryl/α,β-unsaturated/α-hetero) is 1. The number of hydrogen-bond acceptors (Lipinski definition) is 8. The van der Waals surface area contributed by atoms with Gasteiger partial charge in [-0.3, -0.25) is 9.59 Å². The van der Waals surface area contributed by atoms with Gasteiger partial charge in [0.15, 0.2) is 11.6 Å². The minimum atomic E-state index is -0.847. The molecule has 0 aliphatic carbocycles. The molecule has 0 spiro atoms. The summed E-state index contributed by atoms with van der Waals surface area (Å²) in [6.07, 6.45) is 0.337. The number of aryl methyl sites for hydroxylation is 1. The number of hydrogen-bond donors (Lipinski definition) is 3. The maximum Gasteiger partial charge on any atom is 0.343 e. The Bertz CT molecular complexity index is 1490. The van der Waals surface area contributed by atoms with E-state index in [1.807, 2.05) is 6.07 Å². The Labute approximate surface area is 213 Å². The lowest BCUT2D eigenvalue weighted by Gasteiger charge is -2.29. The normalized spacial score (nSPS) is 14.6. The minimum Gasteiger partial charge on any atom is -0.507 e. The van der Waals surface area contributed by atoms with Crippen molar-refractivity contribution in [3.05, 3.63) is 91.5 Å². The molecule has 1 aromatic heterocycles. The van der Waals surface area contributed by atoms with Gasteiger partial charge in [-0.15, -0.1) is 0 Å². The van der Waals surface area contributed by atoms with E-state index in [1.165, 1.54) is 6.08 Å². The summed E-state index contributed by atoms with van der Waals surface area (Å²) in [5, 5.41) is 33.1. The van der Waals surface area contributed by atoms with Gasteiger partial charge in [-0.2, -0.15) is 0 Å². The van der Waals surface area contributed by atoms with Crippen molar-refractivity contribution in [2.24, 2.45) is 0 Å². The molecule has 1 atom stereocenters. The number of fused-ring (bicyclic) bond motifs is 1. The quantitative estimate of drug-likeness (QED) is 0.313. The van der Waals surface area contributed by atoms with Gasteiger partial charge in [0.25, 0.3) is 0 Å². The van der Waals surface area contributed by atoms with Crippen molar-refractivity contribution in [2.45, 2.75) is 53.1 Å². The highest BCUT2D eigenvalue weighted by Crippen LogP contribution is 2.49. The molecular weight excluding hydrogens is 476 g/mol. The number of allylic oxidation sites excluding steroid dienone is 2. The molecule has 1 aliphatic heterocycles. The first-order chi connectivity index (χ1) is 17.5. The van der Waals surface area contributed by atoms with Crippen molar-refractivity contribution in [3.63, 3.8) is 0 Å². The molecule has 192 valence electrons. The second-order valence-electron chi connectivity index (χ2n) is 9.28. The number of ether oxygens (including phenoxy) is 1. The van der Waals surface area contributed by atoms with Gasteiger partial charge < -0.3 is 24.5 Å². The van der Waals surface area contributed by atoms with Gasteiger partial charge in [0.1, 0.15) is 46.0 Å². The molecule has 0 saturated heterocycles. The summed E-state index contributed by atoms with van der Waals surface area (Å²) in [7, 11) is 0. The summed E-state index contributed by atoms with van der Waals surface area (Å²) in [5.74, 6) is -2.64. The Hall–Kier alpha value is -4.33. The van der Waals surface area contributed by atoms with Crippen molar-refractivity contribution < 1.29 is 34.1 Å². The standard InChI is InChI=1S/C29H28O8/c1-5-21-15(4)25(32)18(29(35)37-21)12-17-26(33)23(19(30)11-14(2)3)28-24(27(17)34)20(31)13-22(36-28)16-9-7-6-8-10-16/h6-11,22,32-34H,5,12-13H2,1-4H3/t22-/m1/s1. The molecule has 8 heteroatoms. The molecule has 3 N–H and O–H groups in total. The van der Waals surface area contributed by atoms with Crippen molar-refractivity contribution in [1.29, 1.82) is 0 Å². The van der Waals surface area contributed by atoms with Crippen LogP contribution in [0.5, 0.6) is 23.0 Å². The monoisotopic (exact) mass is 504 g/mol. The Morgan fingerprint density at radius 3 is 2.32 bits per heavy atom. The van der Waals surface area contributed by atoms with E-state index in [4.69, 9.17) is 9.15 Å². The number of carbonyl (C=O) groups excluding carboxylic acids is 2. The van der Waals surface area contributed by atoms with Crippen LogP contribution in [0.1, 0.15) is 82.0 Å². The zero-order valence-corrected chi connectivity index (χ0v) is 21.0. The molecule has 0 fully saturated rings. The van der Waals surface area contributed by atoms with Gasteiger partial charge in [-0.1, -0.05) is 42.8 Å². The Morgan fingerprint density at radius 1 is 1.03 bits per heavy atom. The Kier molecular flexibility index (Phi) is 6.94. The third-order valence-corrected chi connectivity index (χ3v) is 6.44. The average molecular weight is 505 g/mol. The Morgan fingerprint density at radius 2 is 1.70 bits per heavy atom. The summed E-state index contributed by atoms with van der Waals surface area (Å²) < 4.78 is 11.4. The molecule has 0 bridgehead atoms. The molecule has 4 rings (SSSR count). The number of phenols is 2. The second kappa shape index (κ2) is 9.97. The van der Waals surface area contributed by atoms with Crippen LogP contribution in [0.3, 0.4) is 0 Å². The smallest absolute Gasteiger partial charge is 0.343 e. The van der Waals surface area contributed by atoms with E-state index in [9.17, 15) is 29.7 Å². The fourth-order valence-electron chi connectivity index (χ4n) is 4.54. The number of phenolic OH excluding ortho intramolecular Hbond substituents is 2. The van der Waals surface area contributed by atoms with E-state index in [0.29, 0.717) is 28.9 Å². The fraction of sp³-hybridized carbons (Fsp3) is 0.276. The van der Waals surface area contributed by atoms with Gasteiger partial charge in [0.05, 0.1) is 12.0 Å². The number of benzene rings is 2. The van der Waals surface area contributed by atoms with E-state index >= 15 is 0 Å². The lowest BCUT2D eigenvalue weighted by Crippen LogP contribution is -2.23. The van der Waals surface area contributed by atoms with E-state index in [2.05, 4.69) is 0 Å². The molecule has 1 aliphatic rings. The lowest BCUT2D eigenvalue weighted by molar-refractivity contribution is 0.0839. The van der Waals surface area contributed by atoms with E-state index in [-0.39, 0.29) is 40.2 Å². The highest BCUT2D eigenvalue weighted by Gasteiger charge is 2.38. The maximum atomic E-state index is 13.3. The van der Waals surface area contributed by atoms with Gasteiger partial charge in [-0.25, -0.2) is 4.79 Å². The summed E-state index contributed by atoms with van der Waals surface area (Å²) in [6, 6.07) is 8.94. The van der Waals surface area contributed by atoms with Crippen LogP contribution < -0.4 is 10.4 Å². The maximum absolute atomic E-state index is 13.3. The molecule has 2 heterocycles. The van der Waals surface area contributed by atoms with Gasteiger partial charge in [-0.05, 0) is 32.4 Å². The summed E-state index contributed by atoms with van der Waals surface area (Å²) in [6.45, 7) is 6.74. The zero-order chi connectivity index (χ0) is 27.0. The van der Waals surface area contributed by atoms with Crippen molar-refractivity contribution in [1.82, 2.24) is 0 Å². The molecule has 8 nitrogen and oxygen atoms in total. The Balaban J connectivity index is 1.95. The number of ketones is 2. The second-order valence-corrected chi connectivity index (χ2v) is 9.28. The molecule has 0 unspecified atom stereocenters. The number of aromatic hydroxyl groups is 3. The third kappa shape index (κ3) is 4.62. The summed E-state index contributed by atoms with van der Waals surface area (Å²) in [4.78, 5) is 39.2. The van der Waals surface area contributed by atoms with Crippen molar-refractivity contribution >= 4 is 11.6 Å². The fourth-order valence-corrected chi connectivity index (χ4v) is 4.54. The topological polar surface area (TPSA) is 134 Å². The van der Waals surface area contributed by atoms with Crippen molar-refractivity contribution in [3.8, 4) is 23.0 Å². The SMILES string of the molecule is CCc1oc(=O)c(Cc2c(O)c(C(=O)C=C(C)C)c3c(c2O)C(=O)C[C@H](c2ccccc2)O3)c(O)c1C. The first kappa shape index (κ1) is 25.8. The molecule has 2 aromatic carbocycles. The van der Waals surface area contributed by atoms with Gasteiger partial charge in [0, 0.05) is 24.0 Å². The van der Waals surface area contributed by atoms with E-state index in [1.54, 1.807) is 52.0 Å². The summed E-state index contributed by atoms with van der Waals surface area (Å²) in [5.41, 5.74) is -0.198. The largest absolute Gasteiger partial charge is 0.507 e. The number of carbonyl (C=O) groups is 2. The van der Waals surface area contributed by atoms with Gasteiger partial charge in [0.2, 0.25) is 0 Å². The molecule has 0 radical (unpaired) electrons. The highest BCUT2D eigenvalue weighted by atomic mass is 16.5. The van der Waals surface area contributed by atoms with Crippen LogP contribution in [-0.4, -0.2) is 26.9 Å². The van der Waals surface area contributed by atoms with Crippen molar-refractivity contribution in [2.75, 3.05) is 0 Å². The van der Waals surface area contributed by atoms with Crippen LogP contribution in [0.25, 0.3) is 0 Å². The van der Waals surface area contributed by atoms with Crippen LogP contribution in [0.4, 0.5) is 0 Å². The average Bonchev–Trinajstić information content (AvgIpc) is 2.85. The van der Waals surface area contributed by atoms with Crippen LogP contribution in [0.2, 0.25) is 0 Å². The zero-order valence-electron chi connectivity index (χ0n) is 21.0. The molecular formula is C29H28O8. The molecule has 3 aromatic rings. The minimum absolute atomic E-state index is 0.108. The van der Waals surface area contributed by atoms with Crippen LogP contribution >= 0.6 is 0 Å². The van der Waals surface area contributed by atoms with Crippen LogP contribution in [0.15, 0.2) is 51.2 Å². The number of rotatable bonds is 6. The summed E-state index contributed by atoms with van der Waals surface area (Å²) >= 11 is 0. The van der Waals surface area contributed by atoms with E-state index < -0.39 is 41.2 Å². The predicted molar refractivity (Wildman–Crippen MR) is 136 cm³/mol. The van der Waals surface area contributed by atoms with E-state index in [0.717, 1.165) is 0 Å². The molecule has 0 amide bonds. The van der Waals surface area contributed by atoms with Crippen LogP contribution in [-0.2, 0) is 12.8 Å². The first-order valence-corrected chi connectivity index (χ1v) is 11.9. The lowest BCUT2D eigenvalue weighted by atomic mass is 9.88. The first-order valence-electron chi connectivity index (χ1n) is 11.9.